The Balaban J connectivity index is 1.61. The highest BCUT2D eigenvalue weighted by Gasteiger charge is 2.26. The summed E-state index contributed by atoms with van der Waals surface area (Å²) in [6, 6.07) is 8.26. The number of nitrogens with zero attached hydrogens (tertiary/aromatic N) is 4. The molecule has 3 N–H and O–H groups in total. The third kappa shape index (κ3) is 5.69. The number of guanidine groups is 1. The Bertz CT molecular complexity index is 822. The number of thiophene rings is 1. The molecule has 1 unspecified atom stereocenters. The molecular weight excluding hydrogens is 384 g/mol. The average molecular weight is 415 g/mol. The van der Waals surface area contributed by atoms with Crippen LogP contribution in [0, 0.1) is 5.92 Å². The number of aliphatic imine (C=N–C) groups is 1. The quantitative estimate of drug-likeness (QED) is 0.535. The van der Waals surface area contributed by atoms with Crippen LogP contribution in [0.5, 0.6) is 0 Å². The van der Waals surface area contributed by atoms with E-state index in [1.165, 1.54) is 4.88 Å². The molecule has 0 aromatic carbocycles. The molecule has 1 atom stereocenters. The van der Waals surface area contributed by atoms with Crippen molar-refractivity contribution in [2.75, 3.05) is 38.6 Å². The lowest BCUT2D eigenvalue weighted by Crippen LogP contribution is -2.42. The van der Waals surface area contributed by atoms with Gasteiger partial charge in [-0.3, -0.25) is 9.79 Å². The highest BCUT2D eigenvalue weighted by atomic mass is 32.1. The molecule has 3 heterocycles. The lowest BCUT2D eigenvalue weighted by molar-refractivity contribution is -0.122. The predicted octanol–water partition coefficient (Wildman–Crippen LogP) is 2.09. The number of hydrogen-bond acceptors (Lipinski definition) is 5. The topological polar surface area (TPSA) is 86.9 Å². The fraction of sp³-hybridized carbons (Fsp3) is 0.476. The third-order valence-corrected chi connectivity index (χ3v) is 6.21. The van der Waals surface area contributed by atoms with Crippen LogP contribution in [0.1, 0.15) is 23.3 Å². The maximum absolute atomic E-state index is 11.6. The number of aromatic nitrogens is 1. The van der Waals surface area contributed by atoms with Crippen molar-refractivity contribution in [1.29, 1.82) is 0 Å². The molecule has 7 nitrogen and oxygen atoms in total. The van der Waals surface area contributed by atoms with Gasteiger partial charge >= 0.3 is 0 Å². The van der Waals surface area contributed by atoms with Crippen LogP contribution in [0.3, 0.4) is 0 Å². The maximum atomic E-state index is 11.6. The van der Waals surface area contributed by atoms with E-state index in [9.17, 15) is 4.79 Å². The Kier molecular flexibility index (Phi) is 7.46. The molecule has 1 amide bonds. The van der Waals surface area contributed by atoms with Gasteiger partial charge in [0.25, 0.3) is 0 Å². The number of primary amides is 1. The molecule has 2 aromatic rings. The molecule has 0 radical (unpaired) electrons. The zero-order valence-corrected chi connectivity index (χ0v) is 18.0. The van der Waals surface area contributed by atoms with Crippen LogP contribution in [0.4, 0.5) is 5.82 Å². The van der Waals surface area contributed by atoms with E-state index in [-0.39, 0.29) is 11.8 Å². The normalized spacial score (nSPS) is 17.2. The zero-order chi connectivity index (χ0) is 20.6. The summed E-state index contributed by atoms with van der Waals surface area (Å²) in [4.78, 5) is 26.3. The lowest BCUT2D eigenvalue weighted by Gasteiger charge is -2.33. The van der Waals surface area contributed by atoms with Gasteiger partial charge in [-0.05, 0) is 36.8 Å². The first-order chi connectivity index (χ1) is 14.1. The van der Waals surface area contributed by atoms with Gasteiger partial charge < -0.3 is 20.9 Å². The summed E-state index contributed by atoms with van der Waals surface area (Å²) < 4.78 is 0. The SMILES string of the molecule is CN=C(NCc1cccnc1N1CCCC(C(N)=O)C1)N(C)CCc1cccs1. The highest BCUT2D eigenvalue weighted by molar-refractivity contribution is 7.09. The highest BCUT2D eigenvalue weighted by Crippen LogP contribution is 2.24. The molecule has 1 aliphatic heterocycles. The number of carbonyl (C=O) groups is 1. The summed E-state index contributed by atoms with van der Waals surface area (Å²) in [6.07, 6.45) is 4.60. The second-order valence-corrected chi connectivity index (χ2v) is 8.36. The number of hydrogen-bond donors (Lipinski definition) is 2. The first kappa shape index (κ1) is 21.1. The summed E-state index contributed by atoms with van der Waals surface area (Å²) in [7, 11) is 3.85. The Labute approximate surface area is 176 Å². The molecule has 0 bridgehead atoms. The fourth-order valence-electron chi connectivity index (χ4n) is 3.65. The van der Waals surface area contributed by atoms with Crippen molar-refractivity contribution in [2.45, 2.75) is 25.8 Å². The van der Waals surface area contributed by atoms with Crippen molar-refractivity contribution in [3.63, 3.8) is 0 Å². The molecule has 2 aromatic heterocycles. The smallest absolute Gasteiger partial charge is 0.222 e. The van der Waals surface area contributed by atoms with Crippen LogP contribution in [0.25, 0.3) is 0 Å². The number of piperidine rings is 1. The molecule has 1 saturated heterocycles. The van der Waals surface area contributed by atoms with Gasteiger partial charge in [0.15, 0.2) is 5.96 Å². The molecule has 8 heteroatoms. The number of carbonyl (C=O) groups excluding carboxylic acids is 1. The predicted molar refractivity (Wildman–Crippen MR) is 119 cm³/mol. The van der Waals surface area contributed by atoms with E-state index in [0.29, 0.717) is 13.1 Å². The van der Waals surface area contributed by atoms with Gasteiger partial charge in [0.05, 0.1) is 5.92 Å². The molecule has 156 valence electrons. The zero-order valence-electron chi connectivity index (χ0n) is 17.2. The van der Waals surface area contributed by atoms with E-state index in [1.54, 1.807) is 24.6 Å². The van der Waals surface area contributed by atoms with Crippen LogP contribution < -0.4 is 16.0 Å². The molecule has 1 aliphatic rings. The molecule has 1 fully saturated rings. The van der Waals surface area contributed by atoms with E-state index in [0.717, 1.165) is 49.7 Å². The van der Waals surface area contributed by atoms with E-state index >= 15 is 0 Å². The van der Waals surface area contributed by atoms with Crippen LogP contribution in [0.15, 0.2) is 40.8 Å². The summed E-state index contributed by atoms with van der Waals surface area (Å²) in [5.41, 5.74) is 6.63. The second-order valence-electron chi connectivity index (χ2n) is 7.33. The van der Waals surface area contributed by atoms with Gasteiger partial charge in [0, 0.05) is 56.9 Å². The Morgan fingerprint density at radius 3 is 3.03 bits per heavy atom. The number of likely N-dealkylation sites (N-methyl/N-ethyl adjacent to an activating group) is 1. The monoisotopic (exact) mass is 414 g/mol. The van der Waals surface area contributed by atoms with Crippen molar-refractivity contribution < 1.29 is 4.79 Å². The lowest BCUT2D eigenvalue weighted by atomic mass is 9.97. The minimum Gasteiger partial charge on any atom is -0.369 e. The van der Waals surface area contributed by atoms with Crippen molar-refractivity contribution in [3.05, 3.63) is 46.3 Å². The average Bonchev–Trinajstić information content (AvgIpc) is 3.27. The van der Waals surface area contributed by atoms with Gasteiger partial charge in [-0.2, -0.15) is 0 Å². The summed E-state index contributed by atoms with van der Waals surface area (Å²) in [5, 5.41) is 5.56. The van der Waals surface area contributed by atoms with Crippen molar-refractivity contribution in [1.82, 2.24) is 15.2 Å². The number of nitrogens with two attached hydrogens (primary N) is 1. The van der Waals surface area contributed by atoms with Gasteiger partial charge in [0.1, 0.15) is 5.82 Å². The van der Waals surface area contributed by atoms with E-state index in [2.05, 4.69) is 55.7 Å². The van der Waals surface area contributed by atoms with Crippen LogP contribution >= 0.6 is 11.3 Å². The number of amides is 1. The Hall–Kier alpha value is -2.61. The second kappa shape index (κ2) is 10.2. The number of anilines is 1. The van der Waals surface area contributed by atoms with Crippen LogP contribution in [-0.4, -0.2) is 55.5 Å². The minimum atomic E-state index is -0.224. The van der Waals surface area contributed by atoms with Gasteiger partial charge in [0.2, 0.25) is 5.91 Å². The summed E-state index contributed by atoms with van der Waals surface area (Å²) in [6.45, 7) is 3.04. The van der Waals surface area contributed by atoms with Crippen molar-refractivity contribution in [2.24, 2.45) is 16.6 Å². The Morgan fingerprint density at radius 2 is 2.31 bits per heavy atom. The van der Waals surface area contributed by atoms with Gasteiger partial charge in [-0.1, -0.05) is 12.1 Å². The van der Waals surface area contributed by atoms with E-state index in [1.807, 2.05) is 6.07 Å². The molecule has 0 aliphatic carbocycles. The Morgan fingerprint density at radius 1 is 1.45 bits per heavy atom. The minimum absolute atomic E-state index is 0.109. The molecule has 3 rings (SSSR count). The maximum Gasteiger partial charge on any atom is 0.222 e. The summed E-state index contributed by atoms with van der Waals surface area (Å²) >= 11 is 1.78. The molecule has 29 heavy (non-hydrogen) atoms. The standard InChI is InChI=1S/C21H30N6OS/c1-23-21(26(2)12-9-18-8-5-13-29-18)25-14-16-6-3-10-24-20(16)27-11-4-7-17(15-27)19(22)28/h3,5-6,8,10,13,17H,4,7,9,11-12,14-15H2,1-2H3,(H2,22,28)(H,23,25). The van der Waals surface area contributed by atoms with E-state index < -0.39 is 0 Å². The fourth-order valence-corrected chi connectivity index (χ4v) is 4.35. The summed E-state index contributed by atoms with van der Waals surface area (Å²) in [5.74, 6) is 1.44. The first-order valence-electron chi connectivity index (χ1n) is 10.0. The molecular formula is C21H30N6OS. The van der Waals surface area contributed by atoms with Crippen LogP contribution in [0.2, 0.25) is 0 Å². The van der Waals surface area contributed by atoms with Crippen LogP contribution in [-0.2, 0) is 17.8 Å². The molecule has 0 saturated carbocycles. The molecule has 0 spiro atoms. The van der Waals surface area contributed by atoms with Crippen molar-refractivity contribution in [3.8, 4) is 0 Å². The number of pyridine rings is 1. The largest absolute Gasteiger partial charge is 0.369 e. The van der Waals surface area contributed by atoms with E-state index in [4.69, 9.17) is 5.73 Å². The van der Waals surface area contributed by atoms with Crippen molar-refractivity contribution >= 4 is 29.0 Å². The third-order valence-electron chi connectivity index (χ3n) is 5.27. The van der Waals surface area contributed by atoms with Gasteiger partial charge in [-0.25, -0.2) is 4.98 Å². The first-order valence-corrected chi connectivity index (χ1v) is 10.9. The number of nitrogens with one attached hydrogen (secondary N) is 1. The van der Waals surface area contributed by atoms with Gasteiger partial charge in [-0.15, -0.1) is 11.3 Å². The number of rotatable bonds is 7.